The number of para-hydroxylation sites is 1. The average molecular weight is 506 g/mol. The van der Waals surface area contributed by atoms with Crippen LogP contribution in [0.25, 0.3) is 0 Å². The van der Waals surface area contributed by atoms with Crippen LogP contribution in [0.15, 0.2) is 42.5 Å². The molecule has 0 aliphatic carbocycles. The lowest BCUT2D eigenvalue weighted by Gasteiger charge is -2.24. The van der Waals surface area contributed by atoms with Gasteiger partial charge in [0.1, 0.15) is 6.54 Å². The number of sulfonamides is 1. The molecule has 0 bridgehead atoms. The van der Waals surface area contributed by atoms with Crippen molar-refractivity contribution in [1.29, 1.82) is 0 Å². The van der Waals surface area contributed by atoms with Crippen molar-refractivity contribution in [2.45, 2.75) is 20.0 Å². The molecule has 0 unspecified atom stereocenters. The highest BCUT2D eigenvalue weighted by Crippen LogP contribution is 2.36. The van der Waals surface area contributed by atoms with Crippen LogP contribution in [0.5, 0.6) is 0 Å². The molecule has 0 saturated heterocycles. The lowest BCUT2D eigenvalue weighted by molar-refractivity contribution is -0.137. The molecule has 2 amide bonds. The van der Waals surface area contributed by atoms with E-state index in [1.54, 1.807) is 12.1 Å². The Bertz CT molecular complexity index is 1140. The SMILES string of the molecule is CC(C)CNC(=O)c1ccccc1NC(=O)CN(c1cc(C(F)(F)F)ccc1Cl)S(C)(=O)=O. The highest BCUT2D eigenvalue weighted by atomic mass is 35.5. The zero-order valence-electron chi connectivity index (χ0n) is 18.0. The molecule has 0 aromatic heterocycles. The standard InChI is InChI=1S/C21H23ClF3N3O4S/c1-13(2)11-26-20(30)15-6-4-5-7-17(15)27-19(29)12-28(33(3,31)32)18-10-14(21(23,24)25)8-9-16(18)22/h4-10,13H,11-12H2,1-3H3,(H,26,30)(H,27,29). The Kier molecular flexibility index (Phi) is 8.36. The van der Waals surface area contributed by atoms with Gasteiger partial charge in [-0.15, -0.1) is 0 Å². The van der Waals surface area contributed by atoms with E-state index in [1.807, 2.05) is 13.8 Å². The monoisotopic (exact) mass is 505 g/mol. The van der Waals surface area contributed by atoms with E-state index < -0.39 is 45.8 Å². The summed E-state index contributed by atoms with van der Waals surface area (Å²) >= 11 is 5.96. The third-order valence-corrected chi connectivity index (χ3v) is 5.79. The number of benzene rings is 2. The van der Waals surface area contributed by atoms with Crippen molar-refractivity contribution in [2.75, 3.05) is 29.0 Å². The lowest BCUT2D eigenvalue weighted by atomic mass is 10.1. The Morgan fingerprint density at radius 1 is 1.12 bits per heavy atom. The van der Waals surface area contributed by atoms with E-state index in [0.29, 0.717) is 23.0 Å². The van der Waals surface area contributed by atoms with Gasteiger partial charge in [-0.3, -0.25) is 13.9 Å². The molecule has 0 saturated carbocycles. The Hall–Kier alpha value is -2.79. The number of anilines is 2. The summed E-state index contributed by atoms with van der Waals surface area (Å²) in [5, 5.41) is 4.87. The minimum atomic E-state index is -4.74. The summed E-state index contributed by atoms with van der Waals surface area (Å²) in [6.45, 7) is 3.36. The topological polar surface area (TPSA) is 95.6 Å². The van der Waals surface area contributed by atoms with Crippen LogP contribution in [0, 0.1) is 5.92 Å². The molecule has 0 heterocycles. The number of hydrogen-bond donors (Lipinski definition) is 2. The first-order valence-corrected chi connectivity index (χ1v) is 11.9. The number of halogens is 4. The Labute approximate surface area is 195 Å². The predicted molar refractivity (Wildman–Crippen MR) is 121 cm³/mol. The molecule has 0 atom stereocenters. The summed E-state index contributed by atoms with van der Waals surface area (Å²) in [4.78, 5) is 25.1. The van der Waals surface area contributed by atoms with Crippen LogP contribution in [-0.4, -0.2) is 39.6 Å². The fourth-order valence-corrected chi connectivity index (χ4v) is 3.89. The third kappa shape index (κ3) is 7.36. The summed E-state index contributed by atoms with van der Waals surface area (Å²) < 4.78 is 64.4. The second-order valence-electron chi connectivity index (χ2n) is 7.63. The number of nitrogens with one attached hydrogen (secondary N) is 2. The highest BCUT2D eigenvalue weighted by molar-refractivity contribution is 7.92. The maximum absolute atomic E-state index is 13.1. The minimum Gasteiger partial charge on any atom is -0.352 e. The molecule has 0 fully saturated rings. The number of alkyl halides is 3. The Morgan fingerprint density at radius 3 is 2.33 bits per heavy atom. The van der Waals surface area contributed by atoms with Crippen molar-refractivity contribution in [1.82, 2.24) is 5.32 Å². The molecule has 12 heteroatoms. The Balaban J connectivity index is 2.32. The first-order chi connectivity index (χ1) is 15.2. The number of hydrogen-bond acceptors (Lipinski definition) is 4. The van der Waals surface area contributed by atoms with E-state index >= 15 is 0 Å². The van der Waals surface area contributed by atoms with Crippen molar-refractivity contribution in [2.24, 2.45) is 5.92 Å². The molecule has 2 N–H and O–H groups in total. The second kappa shape index (κ2) is 10.4. The molecule has 2 aromatic rings. The van der Waals surface area contributed by atoms with Gasteiger partial charge in [-0.25, -0.2) is 8.42 Å². The first-order valence-electron chi connectivity index (χ1n) is 9.71. The largest absolute Gasteiger partial charge is 0.416 e. The molecule has 2 aromatic carbocycles. The first kappa shape index (κ1) is 26.5. The van der Waals surface area contributed by atoms with Crippen molar-refractivity contribution in [3.05, 3.63) is 58.6 Å². The summed E-state index contributed by atoms with van der Waals surface area (Å²) in [5.74, 6) is -1.13. The van der Waals surface area contributed by atoms with Crippen LogP contribution < -0.4 is 14.9 Å². The number of carbonyl (C=O) groups is 2. The summed E-state index contributed by atoms with van der Waals surface area (Å²) in [6.07, 6.45) is -4.00. The van der Waals surface area contributed by atoms with Crippen molar-refractivity contribution in [3.8, 4) is 0 Å². The van der Waals surface area contributed by atoms with Gasteiger partial charge in [0.2, 0.25) is 15.9 Å². The summed E-state index contributed by atoms with van der Waals surface area (Å²) in [7, 11) is -4.19. The molecule has 0 radical (unpaired) electrons. The van der Waals surface area contributed by atoms with Gasteiger partial charge in [-0.1, -0.05) is 37.6 Å². The van der Waals surface area contributed by atoms with E-state index in [4.69, 9.17) is 11.6 Å². The predicted octanol–water partition coefficient (Wildman–Crippen LogP) is 4.15. The van der Waals surface area contributed by atoms with Crippen LogP contribution in [0.1, 0.15) is 29.8 Å². The number of carbonyl (C=O) groups excluding carboxylic acids is 2. The highest BCUT2D eigenvalue weighted by Gasteiger charge is 2.33. The maximum Gasteiger partial charge on any atom is 0.416 e. The molecule has 0 spiro atoms. The summed E-state index contributed by atoms with van der Waals surface area (Å²) in [6, 6.07) is 8.25. The van der Waals surface area contributed by atoms with Crippen molar-refractivity contribution < 1.29 is 31.2 Å². The van der Waals surface area contributed by atoms with E-state index in [1.165, 1.54) is 12.1 Å². The van der Waals surface area contributed by atoms with Gasteiger partial charge < -0.3 is 10.6 Å². The fraction of sp³-hybridized carbons (Fsp3) is 0.333. The fourth-order valence-electron chi connectivity index (χ4n) is 2.76. The molecule has 7 nitrogen and oxygen atoms in total. The van der Waals surface area contributed by atoms with Crippen LogP contribution in [0.4, 0.5) is 24.5 Å². The maximum atomic E-state index is 13.1. The van der Waals surface area contributed by atoms with Gasteiger partial charge in [0.15, 0.2) is 0 Å². The van der Waals surface area contributed by atoms with Crippen molar-refractivity contribution >= 4 is 44.8 Å². The molecule has 0 aliphatic rings. The van der Waals surface area contributed by atoms with Gasteiger partial charge in [0.25, 0.3) is 5.91 Å². The van der Waals surface area contributed by atoms with Crippen molar-refractivity contribution in [3.63, 3.8) is 0 Å². The normalized spacial score (nSPS) is 11.9. The van der Waals surface area contributed by atoms with Gasteiger partial charge in [0, 0.05) is 6.54 Å². The van der Waals surface area contributed by atoms with Crippen LogP contribution in [0.2, 0.25) is 5.02 Å². The molecular weight excluding hydrogens is 483 g/mol. The van der Waals surface area contributed by atoms with Crippen LogP contribution >= 0.6 is 11.6 Å². The molecule has 33 heavy (non-hydrogen) atoms. The zero-order chi connectivity index (χ0) is 25.0. The average Bonchev–Trinajstić information content (AvgIpc) is 2.69. The zero-order valence-corrected chi connectivity index (χ0v) is 19.6. The second-order valence-corrected chi connectivity index (χ2v) is 9.95. The van der Waals surface area contributed by atoms with Gasteiger partial charge in [-0.2, -0.15) is 13.2 Å². The van der Waals surface area contributed by atoms with E-state index in [9.17, 15) is 31.2 Å². The minimum absolute atomic E-state index is 0.118. The molecular formula is C21H23ClF3N3O4S. The van der Waals surface area contributed by atoms with E-state index in [2.05, 4.69) is 10.6 Å². The quantitative estimate of drug-likeness (QED) is 0.563. The lowest BCUT2D eigenvalue weighted by Crippen LogP contribution is -2.38. The van der Waals surface area contributed by atoms with Gasteiger partial charge in [0.05, 0.1) is 33.8 Å². The molecule has 2 rings (SSSR count). The van der Waals surface area contributed by atoms with E-state index in [-0.39, 0.29) is 22.2 Å². The third-order valence-electron chi connectivity index (χ3n) is 4.35. The van der Waals surface area contributed by atoms with E-state index in [0.717, 1.165) is 12.3 Å². The number of amides is 2. The smallest absolute Gasteiger partial charge is 0.352 e. The number of rotatable bonds is 8. The van der Waals surface area contributed by atoms with Gasteiger partial charge >= 0.3 is 6.18 Å². The number of nitrogens with zero attached hydrogens (tertiary/aromatic N) is 1. The summed E-state index contributed by atoms with van der Waals surface area (Å²) in [5.41, 5.74) is -1.35. The Morgan fingerprint density at radius 2 is 1.76 bits per heavy atom. The van der Waals surface area contributed by atoms with Crippen LogP contribution in [0.3, 0.4) is 0 Å². The van der Waals surface area contributed by atoms with Crippen LogP contribution in [-0.2, 0) is 21.0 Å². The molecule has 0 aliphatic heterocycles. The van der Waals surface area contributed by atoms with Gasteiger partial charge in [-0.05, 0) is 36.2 Å². The molecule has 180 valence electrons.